The summed E-state index contributed by atoms with van der Waals surface area (Å²) < 4.78 is 28.8. The van der Waals surface area contributed by atoms with E-state index in [0.717, 1.165) is 12.0 Å². The van der Waals surface area contributed by atoms with Gasteiger partial charge in [0.25, 0.3) is 5.91 Å². The summed E-state index contributed by atoms with van der Waals surface area (Å²) in [7, 11) is 1.48. The van der Waals surface area contributed by atoms with E-state index in [2.05, 4.69) is 5.32 Å². The van der Waals surface area contributed by atoms with Gasteiger partial charge in [0.2, 0.25) is 0 Å². The SMILES string of the molecule is CCCOc1ccc(C(=O)OCC(=O)N[C@H](C)c2ccc(F)cc2)cc1OC. The number of carbonyl (C=O) groups is 2. The molecular formula is C21H24FNO5. The van der Waals surface area contributed by atoms with Crippen LogP contribution in [0.25, 0.3) is 0 Å². The fourth-order valence-corrected chi connectivity index (χ4v) is 2.46. The third-order valence-corrected chi connectivity index (χ3v) is 3.94. The van der Waals surface area contributed by atoms with Crippen LogP contribution in [0.4, 0.5) is 4.39 Å². The van der Waals surface area contributed by atoms with Crippen molar-refractivity contribution in [1.29, 1.82) is 0 Å². The molecular weight excluding hydrogens is 365 g/mol. The molecule has 0 fully saturated rings. The molecule has 2 rings (SSSR count). The predicted molar refractivity (Wildman–Crippen MR) is 102 cm³/mol. The van der Waals surface area contributed by atoms with Crippen molar-refractivity contribution in [3.8, 4) is 11.5 Å². The summed E-state index contributed by atoms with van der Waals surface area (Å²) in [5.74, 6) is -0.508. The fourth-order valence-electron chi connectivity index (χ4n) is 2.46. The lowest BCUT2D eigenvalue weighted by molar-refractivity contribution is -0.124. The van der Waals surface area contributed by atoms with E-state index in [1.807, 2.05) is 6.92 Å². The maximum Gasteiger partial charge on any atom is 0.338 e. The number of hydrogen-bond acceptors (Lipinski definition) is 5. The highest BCUT2D eigenvalue weighted by molar-refractivity contribution is 5.92. The molecule has 0 spiro atoms. The van der Waals surface area contributed by atoms with Crippen LogP contribution in [0.3, 0.4) is 0 Å². The average molecular weight is 389 g/mol. The molecule has 1 atom stereocenters. The highest BCUT2D eigenvalue weighted by Crippen LogP contribution is 2.28. The zero-order valence-corrected chi connectivity index (χ0v) is 16.2. The Morgan fingerprint density at radius 3 is 2.46 bits per heavy atom. The quantitative estimate of drug-likeness (QED) is 0.663. The molecule has 0 aliphatic rings. The number of amides is 1. The lowest BCUT2D eigenvalue weighted by Gasteiger charge is -2.15. The van der Waals surface area contributed by atoms with Crippen LogP contribution in [0.15, 0.2) is 42.5 Å². The van der Waals surface area contributed by atoms with Gasteiger partial charge >= 0.3 is 5.97 Å². The molecule has 7 heteroatoms. The van der Waals surface area contributed by atoms with Gasteiger partial charge in [-0.3, -0.25) is 4.79 Å². The first-order chi connectivity index (χ1) is 13.4. The molecule has 1 amide bonds. The van der Waals surface area contributed by atoms with Crippen LogP contribution < -0.4 is 14.8 Å². The average Bonchev–Trinajstić information content (AvgIpc) is 2.70. The second kappa shape index (κ2) is 10.3. The summed E-state index contributed by atoms with van der Waals surface area (Å²) >= 11 is 0. The molecule has 0 radical (unpaired) electrons. The highest BCUT2D eigenvalue weighted by Gasteiger charge is 2.15. The van der Waals surface area contributed by atoms with Gasteiger partial charge in [-0.1, -0.05) is 19.1 Å². The molecule has 2 aromatic rings. The molecule has 0 aromatic heterocycles. The van der Waals surface area contributed by atoms with E-state index < -0.39 is 18.5 Å². The molecule has 0 saturated carbocycles. The number of halogens is 1. The van der Waals surface area contributed by atoms with Gasteiger partial charge < -0.3 is 19.5 Å². The zero-order valence-electron chi connectivity index (χ0n) is 16.2. The van der Waals surface area contributed by atoms with Crippen LogP contribution in [-0.2, 0) is 9.53 Å². The topological polar surface area (TPSA) is 73.9 Å². The molecule has 0 saturated heterocycles. The minimum absolute atomic E-state index is 0.250. The summed E-state index contributed by atoms with van der Waals surface area (Å²) in [4.78, 5) is 24.2. The van der Waals surface area contributed by atoms with Gasteiger partial charge in [-0.2, -0.15) is 0 Å². The monoisotopic (exact) mass is 389 g/mol. The van der Waals surface area contributed by atoms with Crippen LogP contribution in [0.2, 0.25) is 0 Å². The third kappa shape index (κ3) is 5.97. The smallest absolute Gasteiger partial charge is 0.338 e. The van der Waals surface area contributed by atoms with Gasteiger partial charge in [-0.15, -0.1) is 0 Å². The van der Waals surface area contributed by atoms with Gasteiger partial charge in [0.15, 0.2) is 18.1 Å². The van der Waals surface area contributed by atoms with Crippen molar-refractivity contribution in [3.05, 3.63) is 59.4 Å². The minimum Gasteiger partial charge on any atom is -0.493 e. The first kappa shape index (κ1) is 21.2. The molecule has 6 nitrogen and oxygen atoms in total. The second-order valence-electron chi connectivity index (χ2n) is 6.13. The number of esters is 1. The van der Waals surface area contributed by atoms with Crippen LogP contribution in [0.5, 0.6) is 11.5 Å². The molecule has 0 bridgehead atoms. The lowest BCUT2D eigenvalue weighted by Crippen LogP contribution is -2.31. The van der Waals surface area contributed by atoms with Crippen molar-refractivity contribution in [1.82, 2.24) is 5.32 Å². The Bertz CT molecular complexity index is 807. The van der Waals surface area contributed by atoms with Crippen molar-refractivity contribution in [2.24, 2.45) is 0 Å². The lowest BCUT2D eigenvalue weighted by atomic mass is 10.1. The Labute approximate surface area is 163 Å². The van der Waals surface area contributed by atoms with Crippen molar-refractivity contribution < 1.29 is 28.2 Å². The van der Waals surface area contributed by atoms with Crippen molar-refractivity contribution in [2.45, 2.75) is 26.3 Å². The standard InChI is InChI=1S/C21H24FNO5/c1-4-11-27-18-10-7-16(12-19(18)26-3)21(25)28-13-20(24)23-14(2)15-5-8-17(22)9-6-15/h5-10,12,14H,4,11,13H2,1-3H3,(H,23,24)/t14-/m1/s1. The fraction of sp³-hybridized carbons (Fsp3) is 0.333. The van der Waals surface area contributed by atoms with E-state index in [-0.39, 0.29) is 17.4 Å². The van der Waals surface area contributed by atoms with Crippen molar-refractivity contribution in [3.63, 3.8) is 0 Å². The zero-order chi connectivity index (χ0) is 20.5. The molecule has 0 aliphatic heterocycles. The maximum atomic E-state index is 13.0. The van der Waals surface area contributed by atoms with Crippen LogP contribution in [0.1, 0.15) is 42.2 Å². The highest BCUT2D eigenvalue weighted by atomic mass is 19.1. The van der Waals surface area contributed by atoms with E-state index >= 15 is 0 Å². The molecule has 0 aliphatic carbocycles. The van der Waals surface area contributed by atoms with Crippen molar-refractivity contribution >= 4 is 11.9 Å². The molecule has 28 heavy (non-hydrogen) atoms. The Hall–Kier alpha value is -3.09. The summed E-state index contributed by atoms with van der Waals surface area (Å²) in [6, 6.07) is 10.1. The summed E-state index contributed by atoms with van der Waals surface area (Å²) in [5.41, 5.74) is 0.994. The van der Waals surface area contributed by atoms with Gasteiger partial charge in [0.1, 0.15) is 5.82 Å². The van der Waals surface area contributed by atoms with Gasteiger partial charge in [-0.25, -0.2) is 9.18 Å². The Morgan fingerprint density at radius 1 is 1.11 bits per heavy atom. The number of nitrogens with one attached hydrogen (secondary N) is 1. The minimum atomic E-state index is -0.648. The predicted octanol–water partition coefficient (Wildman–Crippen LogP) is 3.66. The number of ether oxygens (including phenoxy) is 3. The maximum absolute atomic E-state index is 13.0. The normalized spacial score (nSPS) is 11.4. The first-order valence-corrected chi connectivity index (χ1v) is 8.97. The van der Waals surface area contributed by atoms with E-state index in [0.29, 0.717) is 18.1 Å². The van der Waals surface area contributed by atoms with E-state index in [9.17, 15) is 14.0 Å². The van der Waals surface area contributed by atoms with Crippen LogP contribution in [-0.4, -0.2) is 32.2 Å². The molecule has 0 unspecified atom stereocenters. The van der Waals surface area contributed by atoms with Gasteiger partial charge in [0, 0.05) is 0 Å². The Balaban J connectivity index is 1.90. The summed E-state index contributed by atoms with van der Waals surface area (Å²) in [6.07, 6.45) is 0.846. The largest absolute Gasteiger partial charge is 0.493 e. The van der Waals surface area contributed by atoms with E-state index in [4.69, 9.17) is 14.2 Å². The number of hydrogen-bond donors (Lipinski definition) is 1. The number of carbonyl (C=O) groups excluding carboxylic acids is 2. The third-order valence-electron chi connectivity index (χ3n) is 3.94. The van der Waals surface area contributed by atoms with Crippen LogP contribution in [0, 0.1) is 5.82 Å². The first-order valence-electron chi connectivity index (χ1n) is 8.97. The molecule has 150 valence electrons. The molecule has 0 heterocycles. The van der Waals surface area contributed by atoms with E-state index in [1.54, 1.807) is 31.2 Å². The molecule has 2 aromatic carbocycles. The Kier molecular flexibility index (Phi) is 7.80. The van der Waals surface area contributed by atoms with Gasteiger partial charge in [0.05, 0.1) is 25.3 Å². The number of methoxy groups -OCH3 is 1. The second-order valence-corrected chi connectivity index (χ2v) is 6.13. The van der Waals surface area contributed by atoms with Gasteiger partial charge in [-0.05, 0) is 49.2 Å². The van der Waals surface area contributed by atoms with Crippen LogP contribution >= 0.6 is 0 Å². The number of rotatable bonds is 9. The van der Waals surface area contributed by atoms with Crippen molar-refractivity contribution in [2.75, 3.05) is 20.3 Å². The summed E-state index contributed by atoms with van der Waals surface area (Å²) in [6.45, 7) is 3.85. The summed E-state index contributed by atoms with van der Waals surface area (Å²) in [5, 5.41) is 2.69. The molecule has 1 N–H and O–H groups in total. The Morgan fingerprint density at radius 2 is 1.82 bits per heavy atom. The van der Waals surface area contributed by atoms with E-state index in [1.165, 1.54) is 25.3 Å². The number of benzene rings is 2.